The summed E-state index contributed by atoms with van der Waals surface area (Å²) >= 11 is 0.951. The Hall–Kier alpha value is -2.36. The fraction of sp³-hybridized carbons (Fsp3) is 0.278. The summed E-state index contributed by atoms with van der Waals surface area (Å²) in [6.45, 7) is 2.42. The lowest BCUT2D eigenvalue weighted by Gasteiger charge is -2.18. The topological polar surface area (TPSA) is 101 Å². The zero-order chi connectivity index (χ0) is 19.3. The summed E-state index contributed by atoms with van der Waals surface area (Å²) in [6.07, 6.45) is 1.02. The molecule has 7 nitrogen and oxygen atoms in total. The first-order valence-electron chi connectivity index (χ1n) is 8.56. The minimum absolute atomic E-state index is 0.0232. The van der Waals surface area contributed by atoms with E-state index in [-0.39, 0.29) is 17.2 Å². The van der Waals surface area contributed by atoms with Crippen molar-refractivity contribution >= 4 is 38.7 Å². The van der Waals surface area contributed by atoms with Crippen LogP contribution in [0.2, 0.25) is 0 Å². The van der Waals surface area contributed by atoms with Crippen LogP contribution in [-0.4, -0.2) is 35.7 Å². The Balaban J connectivity index is 1.90. The van der Waals surface area contributed by atoms with Crippen LogP contribution in [0.15, 0.2) is 53.4 Å². The third kappa shape index (κ3) is 4.68. The second kappa shape index (κ2) is 8.55. The van der Waals surface area contributed by atoms with Gasteiger partial charge in [-0.2, -0.15) is 13.5 Å². The predicted molar refractivity (Wildman–Crippen MR) is 105 cm³/mol. The highest BCUT2D eigenvalue weighted by molar-refractivity contribution is 7.89. The molecule has 9 heteroatoms. The van der Waals surface area contributed by atoms with Gasteiger partial charge in [-0.15, -0.1) is 0 Å². The number of aromatic nitrogens is 2. The largest absolute Gasteiger partial charge is 0.355 e. The van der Waals surface area contributed by atoms with Crippen molar-refractivity contribution in [2.75, 3.05) is 6.54 Å². The van der Waals surface area contributed by atoms with E-state index in [1.807, 2.05) is 37.3 Å². The van der Waals surface area contributed by atoms with Crippen LogP contribution in [0.25, 0.3) is 11.0 Å². The van der Waals surface area contributed by atoms with Gasteiger partial charge in [0.05, 0.1) is 11.7 Å². The van der Waals surface area contributed by atoms with E-state index in [4.69, 9.17) is 0 Å². The zero-order valence-corrected chi connectivity index (χ0v) is 16.4. The maximum atomic E-state index is 13.0. The van der Waals surface area contributed by atoms with Crippen LogP contribution >= 0.6 is 11.7 Å². The first kappa shape index (κ1) is 19.4. The fourth-order valence-corrected chi connectivity index (χ4v) is 4.62. The van der Waals surface area contributed by atoms with Gasteiger partial charge in [0, 0.05) is 6.54 Å². The minimum atomic E-state index is -3.95. The molecule has 0 bridgehead atoms. The average molecular weight is 405 g/mol. The first-order chi connectivity index (χ1) is 13.0. The van der Waals surface area contributed by atoms with E-state index in [1.165, 1.54) is 6.07 Å². The number of hydrogen-bond donors (Lipinski definition) is 2. The highest BCUT2D eigenvalue weighted by Crippen LogP contribution is 2.21. The summed E-state index contributed by atoms with van der Waals surface area (Å²) in [7, 11) is -3.95. The first-order valence-corrected chi connectivity index (χ1v) is 10.8. The van der Waals surface area contributed by atoms with Gasteiger partial charge in [0.2, 0.25) is 15.9 Å². The Bertz CT molecular complexity index is 1020. The molecule has 1 aromatic heterocycles. The molecule has 0 saturated carbocycles. The molecular weight excluding hydrogens is 384 g/mol. The van der Waals surface area contributed by atoms with Crippen molar-refractivity contribution in [3.63, 3.8) is 0 Å². The number of nitrogens with one attached hydrogen (secondary N) is 2. The summed E-state index contributed by atoms with van der Waals surface area (Å²) < 4.78 is 36.6. The third-order valence-electron chi connectivity index (χ3n) is 3.98. The molecule has 1 atom stereocenters. The van der Waals surface area contributed by atoms with Crippen molar-refractivity contribution < 1.29 is 13.2 Å². The highest BCUT2D eigenvalue weighted by Gasteiger charge is 2.27. The molecule has 3 rings (SSSR count). The van der Waals surface area contributed by atoms with E-state index in [0.29, 0.717) is 17.6 Å². The molecule has 2 N–H and O–H groups in total. The van der Waals surface area contributed by atoms with Gasteiger partial charge in [0.25, 0.3) is 0 Å². The maximum absolute atomic E-state index is 13.0. The summed E-state index contributed by atoms with van der Waals surface area (Å²) in [4.78, 5) is 12.6. The molecule has 0 aliphatic rings. The Morgan fingerprint density at radius 1 is 1.11 bits per heavy atom. The van der Waals surface area contributed by atoms with Crippen molar-refractivity contribution in [1.29, 1.82) is 0 Å². The molecule has 1 amide bonds. The van der Waals surface area contributed by atoms with Gasteiger partial charge in [0.1, 0.15) is 22.0 Å². The fourth-order valence-electron chi connectivity index (χ4n) is 2.66. The van der Waals surface area contributed by atoms with Crippen molar-refractivity contribution in [3.05, 3.63) is 54.1 Å². The SMILES string of the molecule is CCCNC(=O)[C@H](Cc1ccccc1)NS(=O)(=O)c1cccc2nsnc12. The molecular formula is C18H20N4O3S2. The minimum Gasteiger partial charge on any atom is -0.355 e. The van der Waals surface area contributed by atoms with Crippen molar-refractivity contribution in [1.82, 2.24) is 18.8 Å². The summed E-state index contributed by atoms with van der Waals surface area (Å²) in [5.41, 5.74) is 1.69. The maximum Gasteiger partial charge on any atom is 0.243 e. The lowest BCUT2D eigenvalue weighted by atomic mass is 10.1. The lowest BCUT2D eigenvalue weighted by Crippen LogP contribution is -2.48. The number of nitrogens with zero attached hydrogens (tertiary/aromatic N) is 2. The molecule has 0 radical (unpaired) electrons. The van der Waals surface area contributed by atoms with Gasteiger partial charge in [-0.25, -0.2) is 8.42 Å². The van der Waals surface area contributed by atoms with Crippen LogP contribution in [0.4, 0.5) is 0 Å². The van der Waals surface area contributed by atoms with E-state index in [0.717, 1.165) is 23.7 Å². The van der Waals surface area contributed by atoms with Gasteiger partial charge in [0.15, 0.2) is 0 Å². The number of benzene rings is 2. The van der Waals surface area contributed by atoms with Crippen molar-refractivity contribution in [2.24, 2.45) is 0 Å². The summed E-state index contributed by atoms with van der Waals surface area (Å²) in [5.74, 6) is -0.354. The van der Waals surface area contributed by atoms with Crippen LogP contribution in [0.3, 0.4) is 0 Å². The number of fused-ring (bicyclic) bond motifs is 1. The van der Waals surface area contributed by atoms with Crippen LogP contribution in [0, 0.1) is 0 Å². The second-order valence-corrected chi connectivity index (χ2v) is 8.25. The van der Waals surface area contributed by atoms with E-state index >= 15 is 0 Å². The third-order valence-corrected chi connectivity index (χ3v) is 6.03. The molecule has 142 valence electrons. The van der Waals surface area contributed by atoms with Gasteiger partial charge in [-0.3, -0.25) is 4.79 Å². The number of carbonyl (C=O) groups is 1. The van der Waals surface area contributed by atoms with Gasteiger partial charge in [-0.1, -0.05) is 43.3 Å². The van der Waals surface area contributed by atoms with E-state index in [9.17, 15) is 13.2 Å². The molecule has 0 unspecified atom stereocenters. The number of carbonyl (C=O) groups excluding carboxylic acids is 1. The van der Waals surface area contributed by atoms with E-state index in [1.54, 1.807) is 12.1 Å². The number of sulfonamides is 1. The Labute approximate surface area is 162 Å². The monoisotopic (exact) mass is 404 g/mol. The average Bonchev–Trinajstić information content (AvgIpc) is 3.15. The standard InChI is InChI=1S/C18H20N4O3S2/c1-2-11-19-18(23)15(12-13-7-4-3-5-8-13)22-27(24,25)16-10-6-9-14-17(16)21-26-20-14/h3-10,15,22H,2,11-12H2,1H3,(H,19,23)/t15-/m0/s1. The number of hydrogen-bond acceptors (Lipinski definition) is 6. The predicted octanol–water partition coefficient (Wildman–Crippen LogP) is 2.11. The molecule has 0 aliphatic heterocycles. The summed E-state index contributed by atoms with van der Waals surface area (Å²) in [5, 5.41) is 2.77. The van der Waals surface area contributed by atoms with E-state index < -0.39 is 16.1 Å². The van der Waals surface area contributed by atoms with Crippen LogP contribution < -0.4 is 10.0 Å². The van der Waals surface area contributed by atoms with Crippen LogP contribution in [-0.2, 0) is 21.2 Å². The molecule has 27 heavy (non-hydrogen) atoms. The molecule has 3 aromatic rings. The molecule has 0 spiro atoms. The molecule has 0 aliphatic carbocycles. The zero-order valence-electron chi connectivity index (χ0n) is 14.8. The second-order valence-electron chi connectivity index (χ2n) is 6.04. The molecule has 2 aromatic carbocycles. The molecule has 0 fully saturated rings. The smallest absolute Gasteiger partial charge is 0.243 e. The highest BCUT2D eigenvalue weighted by atomic mass is 32.2. The van der Waals surface area contributed by atoms with Gasteiger partial charge < -0.3 is 5.32 Å². The van der Waals surface area contributed by atoms with Gasteiger partial charge >= 0.3 is 0 Å². The van der Waals surface area contributed by atoms with Crippen molar-refractivity contribution in [2.45, 2.75) is 30.7 Å². The van der Waals surface area contributed by atoms with Crippen LogP contribution in [0.1, 0.15) is 18.9 Å². The lowest BCUT2D eigenvalue weighted by molar-refractivity contribution is -0.122. The quantitative estimate of drug-likeness (QED) is 0.599. The van der Waals surface area contributed by atoms with Gasteiger partial charge in [-0.05, 0) is 30.5 Å². The number of amides is 1. The Morgan fingerprint density at radius 3 is 2.63 bits per heavy atom. The van der Waals surface area contributed by atoms with Crippen molar-refractivity contribution in [3.8, 4) is 0 Å². The van der Waals surface area contributed by atoms with E-state index in [2.05, 4.69) is 18.8 Å². The summed E-state index contributed by atoms with van der Waals surface area (Å²) in [6, 6.07) is 13.2. The Morgan fingerprint density at radius 2 is 1.89 bits per heavy atom. The molecule has 1 heterocycles. The number of rotatable bonds is 8. The molecule has 0 saturated heterocycles. The normalized spacial score (nSPS) is 12.8. The van der Waals surface area contributed by atoms with Crippen LogP contribution in [0.5, 0.6) is 0 Å². The Kier molecular flexibility index (Phi) is 6.15.